The number of aromatic nitrogens is 19. The van der Waals surface area contributed by atoms with E-state index in [1.165, 1.54) is 49.0 Å². The fourth-order valence-electron chi connectivity index (χ4n) is 6.48. The number of aryl methyl sites for hydroxylation is 2. The molecule has 0 atom stereocenters. The second kappa shape index (κ2) is 44.5. The van der Waals surface area contributed by atoms with Gasteiger partial charge in [-0.05, 0) is 162 Å². The Morgan fingerprint density at radius 1 is 0.512 bits per heavy atom. The summed E-state index contributed by atoms with van der Waals surface area (Å²) in [5.74, 6) is 3.31. The Labute approximate surface area is 503 Å². The summed E-state index contributed by atoms with van der Waals surface area (Å²) >= 11 is 0. The number of rotatable bonds is 8. The van der Waals surface area contributed by atoms with Crippen LogP contribution in [0.2, 0.25) is 0 Å². The first-order chi connectivity index (χ1) is 40.0. The van der Waals surface area contributed by atoms with Crippen molar-refractivity contribution in [3.63, 3.8) is 0 Å². The van der Waals surface area contributed by atoms with Crippen molar-refractivity contribution in [2.75, 3.05) is 0 Å². The molecule has 0 aromatic carbocycles. The number of H-pyrrole nitrogens is 3. The van der Waals surface area contributed by atoms with Crippen LogP contribution in [0.5, 0.6) is 0 Å². The molecule has 10 aromatic rings. The predicted octanol–water partition coefficient (Wildman–Crippen LogP) is 15.9. The molecule has 0 fully saturated rings. The van der Waals surface area contributed by atoms with Crippen molar-refractivity contribution >= 4 is 0 Å². The van der Waals surface area contributed by atoms with Crippen LogP contribution in [0.1, 0.15) is 226 Å². The van der Waals surface area contributed by atoms with E-state index < -0.39 is 0 Å². The second-order valence-corrected chi connectivity index (χ2v) is 22.5. The molecule has 462 valence electrons. The van der Waals surface area contributed by atoms with Gasteiger partial charge in [0.15, 0.2) is 6.39 Å². The van der Waals surface area contributed by atoms with Crippen LogP contribution in [0.4, 0.5) is 0 Å². The van der Waals surface area contributed by atoms with E-state index >= 15 is 0 Å². The lowest BCUT2D eigenvalue weighted by Gasteiger charge is -2.16. The fourth-order valence-corrected chi connectivity index (χ4v) is 6.48. The van der Waals surface area contributed by atoms with E-state index in [4.69, 9.17) is 4.42 Å². The van der Waals surface area contributed by atoms with Crippen molar-refractivity contribution in [2.45, 2.75) is 212 Å². The smallest absolute Gasteiger partial charge is 0.180 e. The van der Waals surface area contributed by atoms with Crippen molar-refractivity contribution in [3.8, 4) is 0 Å². The average Bonchev–Trinajstić information content (AvgIpc) is 4.43. The zero-order valence-electron chi connectivity index (χ0n) is 54.5. The number of nitrogens with zero attached hydrogens (tertiary/aromatic N) is 16. The standard InChI is InChI=1S/C10H16N2.C7H11N.3C6H10N2.C6H9NO.2C5H9N3.C5H5N.C4H6N2.C4H10/c1-8(2)12-7-11-9-5-3-4-6-10(9)12;1-7(2)8-5-3-4-6-8;1-5(2)6-3-7-8-4-6;1-6(2)8-4-3-7-5-8;1-6(2)8-5-3-4-7-8;1-5(2)6-3-7-4-8-6;1-5(2)8-3-6-7-4-8;1-4(2)5-3-6-8-7-5;1-2-4-6-5-3-1;1-4-2-3-5-6-4;1-4(2)3/h7-8H,3-6H2,1-2H3;3-7H,1-2H3;3-5H,1-2H3,(H,7,8);2*3-6H,1-2H3;2*3-5H,1-2H3;3-4H,1-2H3,(H,6,7,8);1-5H;2-3H,1H3,(H,5,6);4H,1-3H3. The maximum absolute atomic E-state index is 4.98. The van der Waals surface area contributed by atoms with Gasteiger partial charge in [-0.25, -0.2) is 15.0 Å². The lowest BCUT2D eigenvalue weighted by atomic mass is 10.0. The Morgan fingerprint density at radius 3 is 1.45 bits per heavy atom. The Kier molecular flexibility index (Phi) is 39.2. The van der Waals surface area contributed by atoms with E-state index in [2.05, 4.69) is 229 Å². The third-order valence-corrected chi connectivity index (χ3v) is 11.5. The minimum atomic E-state index is 0.456. The van der Waals surface area contributed by atoms with Gasteiger partial charge in [-0.1, -0.05) is 68.4 Å². The number of oxazole rings is 1. The number of pyridine rings is 1. The van der Waals surface area contributed by atoms with Crippen LogP contribution in [0.25, 0.3) is 0 Å². The molecular weight excluding hydrogens is 1050 g/mol. The number of hydrogen-bond donors (Lipinski definition) is 3. The monoisotopic (exact) mass is 1160 g/mol. The highest BCUT2D eigenvalue weighted by atomic mass is 16.3. The van der Waals surface area contributed by atoms with E-state index in [0.717, 1.165) is 23.1 Å². The van der Waals surface area contributed by atoms with Gasteiger partial charge >= 0.3 is 0 Å². The summed E-state index contributed by atoms with van der Waals surface area (Å²) in [5.41, 5.74) is 6.22. The summed E-state index contributed by atoms with van der Waals surface area (Å²) in [6.45, 7) is 42.5. The number of fused-ring (bicyclic) bond motifs is 1. The SMILES string of the molecule is CC(C)C.CC(C)c1cn[nH]c1.CC(C)c1cn[nH]n1.CC(C)c1cnco1.CC(C)n1cccc1.CC(C)n1cccn1.CC(C)n1ccnc1.CC(C)n1cnc2c1CCCC2.CC(C)n1cnnc1.Cc1ccn[nH]1.c1ccncc1. The molecule has 20 heteroatoms. The molecule has 10 heterocycles. The zero-order chi connectivity index (χ0) is 62.7. The summed E-state index contributed by atoms with van der Waals surface area (Å²) in [6, 6.07) is 16.3. The van der Waals surface area contributed by atoms with E-state index in [-0.39, 0.29) is 0 Å². The van der Waals surface area contributed by atoms with Crippen molar-refractivity contribution in [2.24, 2.45) is 5.92 Å². The first-order valence-electron chi connectivity index (χ1n) is 29.6. The number of aromatic amines is 3. The Bertz CT molecular complexity index is 2420. The van der Waals surface area contributed by atoms with Crippen LogP contribution in [-0.4, -0.2) is 94.0 Å². The van der Waals surface area contributed by atoms with Gasteiger partial charge in [0, 0.05) is 109 Å². The largest absolute Gasteiger partial charge is 0.448 e. The molecule has 20 nitrogen and oxygen atoms in total. The van der Waals surface area contributed by atoms with Crippen LogP contribution in [0, 0.1) is 12.8 Å². The summed E-state index contributed by atoms with van der Waals surface area (Å²) in [5, 5.41) is 34.5. The Morgan fingerprint density at radius 2 is 1.15 bits per heavy atom. The summed E-state index contributed by atoms with van der Waals surface area (Å²) in [6.07, 6.45) is 37.9. The predicted molar refractivity (Wildman–Crippen MR) is 342 cm³/mol. The molecule has 0 saturated carbocycles. The van der Waals surface area contributed by atoms with Gasteiger partial charge in [0.1, 0.15) is 18.4 Å². The van der Waals surface area contributed by atoms with Crippen molar-refractivity contribution in [1.29, 1.82) is 0 Å². The molecule has 0 saturated heterocycles. The quantitative estimate of drug-likeness (QED) is 0.129. The van der Waals surface area contributed by atoms with Gasteiger partial charge in [0.2, 0.25) is 0 Å². The minimum Gasteiger partial charge on any atom is -0.448 e. The van der Waals surface area contributed by atoms with Gasteiger partial charge in [0.25, 0.3) is 0 Å². The molecule has 0 amide bonds. The lowest BCUT2D eigenvalue weighted by Crippen LogP contribution is -2.09. The molecule has 11 rings (SSSR count). The third kappa shape index (κ3) is 35.1. The number of imidazole rings is 2. The van der Waals surface area contributed by atoms with Gasteiger partial charge in [-0.15, -0.1) is 10.2 Å². The Hall–Kier alpha value is -8.03. The van der Waals surface area contributed by atoms with Gasteiger partial charge in [0.05, 0.1) is 42.6 Å². The highest BCUT2D eigenvalue weighted by Gasteiger charge is 2.16. The lowest BCUT2D eigenvalue weighted by molar-refractivity contribution is 0.482. The fraction of sp³-hybridized carbons (Fsp3) is 0.516. The van der Waals surface area contributed by atoms with Crippen LogP contribution >= 0.6 is 0 Å². The molecule has 0 bridgehead atoms. The third-order valence-electron chi connectivity index (χ3n) is 11.5. The average molecular weight is 1160 g/mol. The first kappa shape index (κ1) is 74.0. The van der Waals surface area contributed by atoms with Crippen LogP contribution in [-0.2, 0) is 12.8 Å². The molecule has 0 unspecified atom stereocenters. The van der Waals surface area contributed by atoms with Crippen molar-refractivity contribution in [3.05, 3.63) is 189 Å². The minimum absolute atomic E-state index is 0.456. The van der Waals surface area contributed by atoms with Gasteiger partial charge in [-0.3, -0.25) is 19.9 Å². The van der Waals surface area contributed by atoms with E-state index in [1.54, 1.807) is 56.0 Å². The van der Waals surface area contributed by atoms with Crippen molar-refractivity contribution in [1.82, 2.24) is 94.0 Å². The van der Waals surface area contributed by atoms with Crippen LogP contribution < -0.4 is 0 Å². The number of hydrogen-bond acceptors (Lipinski definition) is 12. The maximum atomic E-state index is 4.98. The second-order valence-electron chi connectivity index (χ2n) is 22.5. The zero-order valence-corrected chi connectivity index (χ0v) is 54.5. The highest BCUT2D eigenvalue weighted by molar-refractivity contribution is 5.17. The van der Waals surface area contributed by atoms with Crippen LogP contribution in [0.15, 0.2) is 159 Å². The van der Waals surface area contributed by atoms with Crippen LogP contribution in [0.3, 0.4) is 0 Å². The molecule has 84 heavy (non-hydrogen) atoms. The molecule has 10 aromatic heterocycles. The summed E-state index contributed by atoms with van der Waals surface area (Å²) < 4.78 is 15.4. The molecule has 3 N–H and O–H groups in total. The number of nitrogens with one attached hydrogen (secondary N) is 3. The highest BCUT2D eigenvalue weighted by Crippen LogP contribution is 2.22. The van der Waals surface area contributed by atoms with Gasteiger partial charge < -0.3 is 22.7 Å². The molecule has 1 aliphatic rings. The van der Waals surface area contributed by atoms with E-state index in [1.807, 2.05) is 96.1 Å². The summed E-state index contributed by atoms with van der Waals surface area (Å²) in [7, 11) is 0. The summed E-state index contributed by atoms with van der Waals surface area (Å²) in [4.78, 5) is 15.9. The molecule has 0 radical (unpaired) electrons. The molecule has 0 aliphatic heterocycles. The molecule has 0 spiro atoms. The van der Waals surface area contributed by atoms with Gasteiger partial charge in [-0.2, -0.15) is 30.7 Å². The normalized spacial score (nSPS) is 10.9. The maximum Gasteiger partial charge on any atom is 0.180 e. The van der Waals surface area contributed by atoms with E-state index in [0.29, 0.717) is 48.0 Å². The molecular formula is C64H105N19O. The first-order valence-corrected chi connectivity index (χ1v) is 29.6. The molecule has 1 aliphatic carbocycles. The van der Waals surface area contributed by atoms with Crippen molar-refractivity contribution < 1.29 is 4.42 Å². The Balaban J connectivity index is 0.000000466. The van der Waals surface area contributed by atoms with E-state index in [9.17, 15) is 0 Å². The topological polar surface area (TPSA) is 227 Å².